The summed E-state index contributed by atoms with van der Waals surface area (Å²) in [5.74, 6) is -1.05. The van der Waals surface area contributed by atoms with Crippen molar-refractivity contribution in [1.82, 2.24) is 0 Å². The number of Topliss-reactive ketones (excluding diaryl/α,β-unsaturated/α-hetero) is 1. The number of allylic oxidation sites excluding steroid dienone is 2. The van der Waals surface area contributed by atoms with Crippen LogP contribution in [0.2, 0.25) is 0 Å². The molecule has 0 atom stereocenters. The fourth-order valence-electron chi connectivity index (χ4n) is 1.52. The van der Waals surface area contributed by atoms with Gasteiger partial charge in [-0.2, -0.15) is 0 Å². The van der Waals surface area contributed by atoms with Gasteiger partial charge in [-0.25, -0.2) is 0 Å². The molecule has 4 heteroatoms. The molecule has 1 aromatic carbocycles. The molecule has 0 saturated carbocycles. The van der Waals surface area contributed by atoms with E-state index >= 15 is 0 Å². The lowest BCUT2D eigenvalue weighted by molar-refractivity contribution is 0.0914. The molecule has 0 aliphatic heterocycles. The fourth-order valence-corrected chi connectivity index (χ4v) is 1.52. The molecule has 0 fully saturated rings. The Morgan fingerprint density at radius 3 is 2.67 bits per heavy atom. The van der Waals surface area contributed by atoms with Crippen LogP contribution in [0, 0.1) is 0 Å². The molecule has 0 radical (unpaired) electrons. The third-order valence-electron chi connectivity index (χ3n) is 2.24. The highest BCUT2D eigenvalue weighted by atomic mass is 16.5. The van der Waals surface area contributed by atoms with Crippen molar-refractivity contribution in [3.05, 3.63) is 41.2 Å². The van der Waals surface area contributed by atoms with E-state index in [-0.39, 0.29) is 28.4 Å². The van der Waals surface area contributed by atoms with Gasteiger partial charge in [-0.15, -0.1) is 0 Å². The summed E-state index contributed by atoms with van der Waals surface area (Å²) in [4.78, 5) is 23.2. The van der Waals surface area contributed by atoms with Crippen LogP contribution in [0.4, 0.5) is 0 Å². The molecular weight excluding hydrogens is 196 g/mol. The van der Waals surface area contributed by atoms with Gasteiger partial charge >= 0.3 is 0 Å². The van der Waals surface area contributed by atoms with Gasteiger partial charge in [0, 0.05) is 11.6 Å². The Balaban J connectivity index is 2.68. The van der Waals surface area contributed by atoms with Crippen molar-refractivity contribution < 1.29 is 19.4 Å². The molecule has 1 aromatic rings. The first-order chi connectivity index (χ1) is 7.15. The molecule has 0 saturated heterocycles. The molecule has 1 aliphatic carbocycles. The first kappa shape index (κ1) is 9.45. The van der Waals surface area contributed by atoms with E-state index in [9.17, 15) is 14.7 Å². The largest absolute Gasteiger partial charge is 0.507 e. The zero-order valence-corrected chi connectivity index (χ0v) is 7.98. The molecule has 0 amide bonds. The van der Waals surface area contributed by atoms with Gasteiger partial charge < -0.3 is 9.84 Å². The number of carbonyl (C=O) groups excluding carboxylic acids is 2. The number of hydrogen-bond donors (Lipinski definition) is 1. The Morgan fingerprint density at radius 1 is 1.27 bits per heavy atom. The number of hydrogen-bond acceptors (Lipinski definition) is 4. The summed E-state index contributed by atoms with van der Waals surface area (Å²) in [6.45, 7) is 0. The molecule has 0 unspecified atom stereocenters. The lowest BCUT2D eigenvalue weighted by atomic mass is 9.93. The van der Waals surface area contributed by atoms with E-state index in [4.69, 9.17) is 4.74 Å². The highest BCUT2D eigenvalue weighted by molar-refractivity contribution is 6.24. The molecule has 0 bridgehead atoms. The number of ether oxygens (including phenoxy) is 1. The quantitative estimate of drug-likeness (QED) is 0.748. The molecule has 0 spiro atoms. The van der Waals surface area contributed by atoms with Crippen molar-refractivity contribution in [2.45, 2.75) is 0 Å². The highest BCUT2D eigenvalue weighted by Gasteiger charge is 2.28. The van der Waals surface area contributed by atoms with Crippen molar-refractivity contribution >= 4 is 11.6 Å². The van der Waals surface area contributed by atoms with Crippen LogP contribution in [-0.4, -0.2) is 23.8 Å². The first-order valence-corrected chi connectivity index (χ1v) is 4.32. The van der Waals surface area contributed by atoms with E-state index in [0.717, 1.165) is 6.08 Å². The summed E-state index contributed by atoms with van der Waals surface area (Å²) in [6.07, 6.45) is 1.13. The maximum absolute atomic E-state index is 11.7. The summed E-state index contributed by atoms with van der Waals surface area (Å²) in [6, 6.07) is 4.38. The molecule has 0 aromatic heterocycles. The minimum absolute atomic E-state index is 0.0156. The van der Waals surface area contributed by atoms with Gasteiger partial charge in [-0.1, -0.05) is 12.1 Å². The monoisotopic (exact) mass is 204 g/mol. The third-order valence-corrected chi connectivity index (χ3v) is 2.24. The lowest BCUT2D eigenvalue weighted by Gasteiger charge is -2.14. The highest BCUT2D eigenvalue weighted by Crippen LogP contribution is 2.28. The number of phenols is 1. The van der Waals surface area contributed by atoms with Crippen LogP contribution < -0.4 is 0 Å². The predicted octanol–water partition coefficient (Wildman–Crippen LogP) is 1.30. The Bertz CT molecular complexity index is 485. The first-order valence-electron chi connectivity index (χ1n) is 4.32. The lowest BCUT2D eigenvalue weighted by Crippen LogP contribution is -2.17. The van der Waals surface area contributed by atoms with E-state index in [1.807, 2.05) is 0 Å². The van der Waals surface area contributed by atoms with Crippen LogP contribution in [0.25, 0.3) is 0 Å². The van der Waals surface area contributed by atoms with Crippen LogP contribution >= 0.6 is 0 Å². The molecule has 0 heterocycles. The van der Waals surface area contributed by atoms with Gasteiger partial charge in [-0.05, 0) is 6.07 Å². The molecule has 1 aliphatic rings. The second-order valence-corrected chi connectivity index (χ2v) is 3.11. The van der Waals surface area contributed by atoms with Gasteiger partial charge in [0.1, 0.15) is 5.75 Å². The zero-order valence-electron chi connectivity index (χ0n) is 7.98. The summed E-state index contributed by atoms with van der Waals surface area (Å²) in [5.41, 5.74) is 0.225. The van der Waals surface area contributed by atoms with E-state index < -0.39 is 5.78 Å². The molecule has 2 rings (SSSR count). The van der Waals surface area contributed by atoms with Crippen LogP contribution in [0.5, 0.6) is 5.75 Å². The number of fused-ring (bicyclic) bond motifs is 1. The Labute approximate surface area is 85.8 Å². The minimum atomic E-state index is -0.467. The summed E-state index contributed by atoms with van der Waals surface area (Å²) < 4.78 is 4.77. The Hall–Kier alpha value is -2.10. The van der Waals surface area contributed by atoms with Crippen molar-refractivity contribution in [2.24, 2.45) is 0 Å². The molecular formula is C11H8O4. The number of carbonyl (C=O) groups is 2. The van der Waals surface area contributed by atoms with Crippen molar-refractivity contribution in [2.75, 3.05) is 7.11 Å². The number of phenolic OH excluding ortho intramolecular Hbond substituents is 1. The molecule has 15 heavy (non-hydrogen) atoms. The van der Waals surface area contributed by atoms with E-state index in [0.29, 0.717) is 0 Å². The second kappa shape index (κ2) is 3.24. The fraction of sp³-hybridized carbons (Fsp3) is 0.0909. The number of benzene rings is 1. The SMILES string of the molecule is COC1=CC(=O)c2cccc(O)c2C1=O. The Morgan fingerprint density at radius 2 is 2.00 bits per heavy atom. The van der Waals surface area contributed by atoms with Crippen LogP contribution in [0.1, 0.15) is 20.7 Å². The minimum Gasteiger partial charge on any atom is -0.507 e. The van der Waals surface area contributed by atoms with Gasteiger partial charge in [0.2, 0.25) is 5.78 Å². The topological polar surface area (TPSA) is 63.6 Å². The number of rotatable bonds is 1. The van der Waals surface area contributed by atoms with Gasteiger partial charge in [-0.3, -0.25) is 9.59 Å². The second-order valence-electron chi connectivity index (χ2n) is 3.11. The molecule has 76 valence electrons. The predicted molar refractivity (Wildman–Crippen MR) is 51.9 cm³/mol. The number of methoxy groups -OCH3 is 1. The van der Waals surface area contributed by atoms with Gasteiger partial charge in [0.05, 0.1) is 12.7 Å². The Kier molecular flexibility index (Phi) is 2.04. The maximum atomic E-state index is 11.7. The maximum Gasteiger partial charge on any atom is 0.232 e. The summed E-state index contributed by atoms with van der Waals surface area (Å²) in [7, 11) is 1.31. The standard InChI is InChI=1S/C11H8O4/c1-15-9-5-8(13)6-3-2-4-7(12)10(6)11(9)14/h2-5,12H,1H3. The normalized spacial score (nSPS) is 14.6. The smallest absolute Gasteiger partial charge is 0.232 e. The van der Waals surface area contributed by atoms with Gasteiger partial charge in [0.25, 0.3) is 0 Å². The van der Waals surface area contributed by atoms with Crippen molar-refractivity contribution in [3.8, 4) is 5.75 Å². The van der Waals surface area contributed by atoms with E-state index in [1.54, 1.807) is 0 Å². The molecule has 1 N–H and O–H groups in total. The average Bonchev–Trinajstić information content (AvgIpc) is 2.23. The molecule has 4 nitrogen and oxygen atoms in total. The van der Waals surface area contributed by atoms with E-state index in [1.165, 1.54) is 25.3 Å². The zero-order chi connectivity index (χ0) is 11.0. The van der Waals surface area contributed by atoms with E-state index in [2.05, 4.69) is 0 Å². The number of ketones is 2. The van der Waals surface area contributed by atoms with Crippen molar-refractivity contribution in [3.63, 3.8) is 0 Å². The summed E-state index contributed by atoms with van der Waals surface area (Å²) >= 11 is 0. The van der Waals surface area contributed by atoms with Crippen LogP contribution in [0.3, 0.4) is 0 Å². The number of aromatic hydroxyl groups is 1. The average molecular weight is 204 g/mol. The van der Waals surface area contributed by atoms with Gasteiger partial charge in [0.15, 0.2) is 11.5 Å². The van der Waals surface area contributed by atoms with Crippen molar-refractivity contribution in [1.29, 1.82) is 0 Å². The summed E-state index contributed by atoms with van der Waals surface area (Å²) in [5, 5.41) is 9.50. The van der Waals surface area contributed by atoms with Crippen LogP contribution in [-0.2, 0) is 4.74 Å². The van der Waals surface area contributed by atoms with Crippen LogP contribution in [0.15, 0.2) is 30.0 Å². The third kappa shape index (κ3) is 1.30.